The van der Waals surface area contributed by atoms with Gasteiger partial charge in [0, 0.05) is 29.6 Å². The molecule has 3 aromatic carbocycles. The van der Waals surface area contributed by atoms with Crippen LogP contribution < -0.4 is 10.2 Å². The number of benzene rings is 3. The summed E-state index contributed by atoms with van der Waals surface area (Å²) < 4.78 is 13.7. The fourth-order valence-corrected chi connectivity index (χ4v) is 5.00. The van der Waals surface area contributed by atoms with Crippen molar-refractivity contribution >= 4 is 34.7 Å². The normalized spacial score (nSPS) is 20.0. The van der Waals surface area contributed by atoms with E-state index in [0.717, 1.165) is 16.9 Å². The van der Waals surface area contributed by atoms with E-state index in [-0.39, 0.29) is 23.4 Å². The Hall–Kier alpha value is -3.44. The predicted molar refractivity (Wildman–Crippen MR) is 128 cm³/mol. The van der Waals surface area contributed by atoms with Gasteiger partial charge in [-0.25, -0.2) is 4.39 Å². The summed E-state index contributed by atoms with van der Waals surface area (Å²) in [5, 5.41) is 4.11. The molecule has 33 heavy (non-hydrogen) atoms. The summed E-state index contributed by atoms with van der Waals surface area (Å²) in [6.07, 6.45) is 0.933. The number of fused-ring (bicyclic) bond motifs is 1. The number of para-hydroxylation sites is 2. The average Bonchev–Trinajstić information content (AvgIpc) is 2.94. The number of ketones is 1. The highest BCUT2D eigenvalue weighted by Crippen LogP contribution is 2.47. The first kappa shape index (κ1) is 21.4. The molecule has 0 saturated carbocycles. The van der Waals surface area contributed by atoms with Crippen LogP contribution in [0.2, 0.25) is 5.02 Å². The molecule has 6 heteroatoms. The van der Waals surface area contributed by atoms with Gasteiger partial charge in [-0.1, -0.05) is 48.0 Å². The number of nitrogens with one attached hydrogen (secondary N) is 1. The highest BCUT2D eigenvalue weighted by atomic mass is 35.5. The quantitative estimate of drug-likeness (QED) is 0.481. The smallest absolute Gasteiger partial charge is 0.224 e. The van der Waals surface area contributed by atoms with Gasteiger partial charge in [0.2, 0.25) is 5.91 Å². The third kappa shape index (κ3) is 3.93. The Morgan fingerprint density at radius 1 is 0.970 bits per heavy atom. The zero-order valence-corrected chi connectivity index (χ0v) is 18.8. The summed E-state index contributed by atoms with van der Waals surface area (Å²) in [4.78, 5) is 28.2. The second-order valence-electron chi connectivity index (χ2n) is 8.46. The van der Waals surface area contributed by atoms with Gasteiger partial charge in [-0.2, -0.15) is 0 Å². The molecular weight excluding hydrogens is 439 g/mol. The van der Waals surface area contributed by atoms with Crippen molar-refractivity contribution in [2.45, 2.75) is 31.7 Å². The summed E-state index contributed by atoms with van der Waals surface area (Å²) >= 11 is 6.06. The van der Waals surface area contributed by atoms with Crippen LogP contribution >= 0.6 is 11.6 Å². The van der Waals surface area contributed by atoms with Gasteiger partial charge in [-0.15, -0.1) is 0 Å². The monoisotopic (exact) mass is 460 g/mol. The number of halogens is 2. The summed E-state index contributed by atoms with van der Waals surface area (Å²) in [5.74, 6) is -0.602. The third-order valence-electron chi connectivity index (χ3n) is 6.36. The number of rotatable bonds is 2. The predicted octanol–water partition coefficient (Wildman–Crippen LogP) is 6.40. The number of hydrogen-bond acceptors (Lipinski definition) is 3. The fraction of sp³-hybridized carbons (Fsp3) is 0.185. The highest BCUT2D eigenvalue weighted by molar-refractivity contribution is 6.30. The van der Waals surface area contributed by atoms with Gasteiger partial charge in [0.1, 0.15) is 5.82 Å². The molecule has 0 bridgehead atoms. The first-order valence-corrected chi connectivity index (χ1v) is 11.2. The van der Waals surface area contributed by atoms with Crippen LogP contribution in [0.1, 0.15) is 42.9 Å². The molecule has 0 unspecified atom stereocenters. The molecule has 0 radical (unpaired) electrons. The maximum atomic E-state index is 13.7. The van der Waals surface area contributed by atoms with Crippen LogP contribution in [0.3, 0.4) is 0 Å². The van der Waals surface area contributed by atoms with Gasteiger partial charge in [-0.05, 0) is 59.9 Å². The van der Waals surface area contributed by atoms with Crippen molar-refractivity contribution in [2.75, 3.05) is 10.2 Å². The first-order chi connectivity index (χ1) is 15.9. The van der Waals surface area contributed by atoms with Gasteiger partial charge < -0.3 is 5.32 Å². The summed E-state index contributed by atoms with van der Waals surface area (Å²) in [6, 6.07) is 20.5. The van der Waals surface area contributed by atoms with E-state index in [1.807, 2.05) is 48.5 Å². The highest BCUT2D eigenvalue weighted by Gasteiger charge is 2.40. The molecule has 4 nitrogen and oxygen atoms in total. The number of carbonyl (C=O) groups excluding carboxylic acids is 2. The summed E-state index contributed by atoms with van der Waals surface area (Å²) in [5.41, 5.74) is 4.52. The lowest BCUT2D eigenvalue weighted by Gasteiger charge is -2.34. The van der Waals surface area contributed by atoms with Crippen LogP contribution in [0.4, 0.5) is 15.8 Å². The van der Waals surface area contributed by atoms with E-state index < -0.39 is 6.04 Å². The van der Waals surface area contributed by atoms with Gasteiger partial charge in [0.15, 0.2) is 5.78 Å². The first-order valence-electron chi connectivity index (χ1n) is 10.9. The Kier molecular flexibility index (Phi) is 5.51. The second-order valence-corrected chi connectivity index (χ2v) is 8.89. The molecule has 1 amide bonds. The minimum absolute atomic E-state index is 0.00840. The maximum Gasteiger partial charge on any atom is 0.224 e. The van der Waals surface area contributed by atoms with Crippen molar-refractivity contribution in [3.05, 3.63) is 106 Å². The molecule has 1 aliphatic heterocycles. The van der Waals surface area contributed by atoms with E-state index in [1.165, 1.54) is 19.1 Å². The van der Waals surface area contributed by atoms with Crippen molar-refractivity contribution in [3.8, 4) is 0 Å². The Labute approximate surface area is 196 Å². The van der Waals surface area contributed by atoms with Crippen molar-refractivity contribution in [3.63, 3.8) is 0 Å². The minimum atomic E-state index is -0.645. The van der Waals surface area contributed by atoms with Gasteiger partial charge >= 0.3 is 0 Å². The Balaban J connectivity index is 1.69. The zero-order chi connectivity index (χ0) is 23.1. The Bertz CT molecular complexity index is 1270. The molecule has 0 saturated heterocycles. The number of anilines is 2. The van der Waals surface area contributed by atoms with Gasteiger partial charge in [0.25, 0.3) is 0 Å². The molecule has 0 spiro atoms. The molecule has 2 atom stereocenters. The van der Waals surface area contributed by atoms with Crippen LogP contribution in [0.5, 0.6) is 0 Å². The number of amides is 1. The topological polar surface area (TPSA) is 49.4 Å². The van der Waals surface area contributed by atoms with Crippen LogP contribution in [-0.2, 0) is 9.59 Å². The maximum absolute atomic E-state index is 13.7. The molecule has 3 aromatic rings. The lowest BCUT2D eigenvalue weighted by molar-refractivity contribution is -0.117. The standard InChI is InChI=1S/C27H22ClFN2O2/c1-16(32)31-24-5-3-2-4-22(24)30-23-14-19(17-6-10-20(28)11-7-17)15-25(33)26(23)27(31)18-8-12-21(29)13-9-18/h2-13,19,27,30H,14-15H2,1H3/t19-,27-/m0/s1. The van der Waals surface area contributed by atoms with Crippen molar-refractivity contribution < 1.29 is 14.0 Å². The third-order valence-corrected chi connectivity index (χ3v) is 6.61. The second kappa shape index (κ2) is 8.49. The molecule has 2 aliphatic rings. The van der Waals surface area contributed by atoms with E-state index in [4.69, 9.17) is 11.6 Å². The SMILES string of the molecule is CC(=O)N1c2ccccc2NC2=C(C(=O)C[C@@H](c3ccc(Cl)cc3)C2)[C@@H]1c1ccc(F)cc1. The van der Waals surface area contributed by atoms with E-state index in [1.54, 1.807) is 17.0 Å². The number of Topliss-reactive ketones (excluding diaryl/α,β-unsaturated/α-hetero) is 1. The molecule has 1 aliphatic carbocycles. The summed E-state index contributed by atoms with van der Waals surface area (Å²) in [7, 11) is 0. The Morgan fingerprint density at radius 3 is 2.33 bits per heavy atom. The number of carbonyl (C=O) groups is 2. The number of hydrogen-bond donors (Lipinski definition) is 1. The number of allylic oxidation sites excluding steroid dienone is 1. The lowest BCUT2D eigenvalue weighted by atomic mass is 9.78. The molecular formula is C27H22ClFN2O2. The zero-order valence-electron chi connectivity index (χ0n) is 18.0. The van der Waals surface area contributed by atoms with Crippen molar-refractivity contribution in [1.29, 1.82) is 0 Å². The van der Waals surface area contributed by atoms with Crippen LogP contribution in [0.15, 0.2) is 84.1 Å². The molecule has 5 rings (SSSR count). The van der Waals surface area contributed by atoms with Crippen molar-refractivity contribution in [2.24, 2.45) is 0 Å². The Morgan fingerprint density at radius 2 is 1.64 bits per heavy atom. The van der Waals surface area contributed by atoms with E-state index in [9.17, 15) is 14.0 Å². The van der Waals surface area contributed by atoms with Crippen LogP contribution in [0.25, 0.3) is 0 Å². The minimum Gasteiger partial charge on any atom is -0.357 e. The van der Waals surface area contributed by atoms with E-state index in [2.05, 4.69) is 5.32 Å². The van der Waals surface area contributed by atoms with Gasteiger partial charge in [0.05, 0.1) is 17.4 Å². The van der Waals surface area contributed by atoms with E-state index >= 15 is 0 Å². The van der Waals surface area contributed by atoms with Gasteiger partial charge in [-0.3, -0.25) is 14.5 Å². The van der Waals surface area contributed by atoms with Crippen LogP contribution in [-0.4, -0.2) is 11.7 Å². The molecule has 1 heterocycles. The summed E-state index contributed by atoms with van der Waals surface area (Å²) in [6.45, 7) is 1.49. The molecule has 166 valence electrons. The van der Waals surface area contributed by atoms with Crippen LogP contribution in [0, 0.1) is 5.82 Å². The van der Waals surface area contributed by atoms with Crippen molar-refractivity contribution in [1.82, 2.24) is 0 Å². The largest absolute Gasteiger partial charge is 0.357 e. The molecule has 0 aromatic heterocycles. The fourth-order valence-electron chi connectivity index (χ4n) is 4.87. The average molecular weight is 461 g/mol. The molecule has 0 fully saturated rings. The molecule has 1 N–H and O–H groups in total. The number of nitrogens with zero attached hydrogens (tertiary/aromatic N) is 1. The lowest BCUT2D eigenvalue weighted by Crippen LogP contribution is -2.37. The van der Waals surface area contributed by atoms with E-state index in [0.29, 0.717) is 34.7 Å².